The summed E-state index contributed by atoms with van der Waals surface area (Å²) in [6.45, 7) is 4.10. The molecule has 1 aliphatic rings. The fraction of sp³-hybridized carbons (Fsp3) is 0.667. The maximum Gasteiger partial charge on any atom is 0.119 e. The topological polar surface area (TPSA) is 47.3 Å². The van der Waals surface area contributed by atoms with E-state index < -0.39 is 0 Å². The molecule has 3 heteroatoms. The van der Waals surface area contributed by atoms with Crippen LogP contribution in [0.5, 0.6) is 5.75 Å². The van der Waals surface area contributed by atoms with Gasteiger partial charge in [0.05, 0.1) is 6.10 Å². The molecule has 0 aromatic heterocycles. The molecule has 1 aliphatic carbocycles. The van der Waals surface area contributed by atoms with E-state index in [9.17, 15) is 0 Å². The molecule has 118 valence electrons. The van der Waals surface area contributed by atoms with E-state index in [1.165, 1.54) is 50.5 Å². The van der Waals surface area contributed by atoms with Crippen molar-refractivity contribution in [1.82, 2.24) is 5.43 Å². The van der Waals surface area contributed by atoms with E-state index in [0.717, 1.165) is 5.75 Å². The summed E-state index contributed by atoms with van der Waals surface area (Å²) < 4.78 is 5.71. The lowest BCUT2D eigenvalue weighted by atomic mass is 9.83. The lowest BCUT2D eigenvalue weighted by Gasteiger charge is -2.28. The van der Waals surface area contributed by atoms with Gasteiger partial charge in [-0.2, -0.15) is 0 Å². The molecule has 0 aliphatic heterocycles. The number of benzene rings is 1. The molecule has 3 nitrogen and oxygen atoms in total. The molecular weight excluding hydrogens is 260 g/mol. The van der Waals surface area contributed by atoms with Crippen LogP contribution in [0.25, 0.3) is 0 Å². The van der Waals surface area contributed by atoms with Gasteiger partial charge in [-0.15, -0.1) is 0 Å². The van der Waals surface area contributed by atoms with Crippen LogP contribution in [0.2, 0.25) is 0 Å². The molecule has 0 saturated heterocycles. The van der Waals surface area contributed by atoms with Gasteiger partial charge in [0, 0.05) is 6.04 Å². The summed E-state index contributed by atoms with van der Waals surface area (Å²) in [6.07, 6.45) is 9.57. The lowest BCUT2D eigenvalue weighted by molar-refractivity contribution is 0.242. The fourth-order valence-electron chi connectivity index (χ4n) is 3.35. The standard InChI is InChI=1S/C18H30N2O/c1-14(2)21-17-12-10-16(11-13-17)18(20-19)15-8-6-4-3-5-7-9-15/h10-15,18,20H,3-9,19H2,1-2H3. The average Bonchev–Trinajstić information content (AvgIpc) is 2.42. The largest absolute Gasteiger partial charge is 0.491 e. The van der Waals surface area contributed by atoms with Crippen LogP contribution in [-0.2, 0) is 0 Å². The maximum absolute atomic E-state index is 5.86. The molecule has 1 saturated carbocycles. The second-order valence-electron chi connectivity index (χ2n) is 6.49. The number of hydrogen-bond donors (Lipinski definition) is 2. The van der Waals surface area contributed by atoms with Crippen molar-refractivity contribution in [2.24, 2.45) is 11.8 Å². The molecule has 0 radical (unpaired) electrons. The van der Waals surface area contributed by atoms with Crippen LogP contribution in [0.15, 0.2) is 24.3 Å². The molecule has 1 atom stereocenters. The number of hydrogen-bond acceptors (Lipinski definition) is 3. The first-order valence-corrected chi connectivity index (χ1v) is 8.43. The zero-order valence-corrected chi connectivity index (χ0v) is 13.5. The van der Waals surface area contributed by atoms with Gasteiger partial charge in [-0.3, -0.25) is 11.3 Å². The van der Waals surface area contributed by atoms with Crippen molar-refractivity contribution in [3.8, 4) is 5.75 Å². The van der Waals surface area contributed by atoms with E-state index >= 15 is 0 Å². The predicted molar refractivity (Wildman–Crippen MR) is 88.1 cm³/mol. The lowest BCUT2D eigenvalue weighted by Crippen LogP contribution is -2.34. The third kappa shape index (κ3) is 5.01. The van der Waals surface area contributed by atoms with Gasteiger partial charge in [0.15, 0.2) is 0 Å². The highest BCUT2D eigenvalue weighted by Gasteiger charge is 2.22. The minimum absolute atomic E-state index is 0.213. The normalized spacial score (nSPS) is 19.0. The SMILES string of the molecule is CC(C)Oc1ccc(C(NN)C2CCCCCCC2)cc1. The molecule has 0 spiro atoms. The van der Waals surface area contributed by atoms with Crippen molar-refractivity contribution in [2.75, 3.05) is 0 Å². The van der Waals surface area contributed by atoms with Gasteiger partial charge in [0.25, 0.3) is 0 Å². The molecule has 0 bridgehead atoms. The zero-order valence-electron chi connectivity index (χ0n) is 13.5. The summed E-state index contributed by atoms with van der Waals surface area (Å²) in [4.78, 5) is 0. The molecule has 1 aromatic carbocycles. The van der Waals surface area contributed by atoms with Crippen molar-refractivity contribution >= 4 is 0 Å². The summed E-state index contributed by atoms with van der Waals surface area (Å²) in [7, 11) is 0. The van der Waals surface area contributed by atoms with Crippen LogP contribution >= 0.6 is 0 Å². The quantitative estimate of drug-likeness (QED) is 0.626. The molecule has 2 rings (SSSR count). The Morgan fingerprint density at radius 1 is 1.00 bits per heavy atom. The van der Waals surface area contributed by atoms with Gasteiger partial charge in [-0.05, 0) is 50.3 Å². The zero-order chi connectivity index (χ0) is 15.1. The Kier molecular flexibility index (Phi) is 6.52. The third-order valence-electron chi connectivity index (χ3n) is 4.41. The smallest absolute Gasteiger partial charge is 0.119 e. The van der Waals surface area contributed by atoms with Crippen molar-refractivity contribution in [1.29, 1.82) is 0 Å². The van der Waals surface area contributed by atoms with Crippen molar-refractivity contribution in [2.45, 2.75) is 70.9 Å². The number of nitrogens with one attached hydrogen (secondary N) is 1. The van der Waals surface area contributed by atoms with E-state index in [1.54, 1.807) is 0 Å². The van der Waals surface area contributed by atoms with E-state index in [4.69, 9.17) is 10.6 Å². The molecule has 1 unspecified atom stereocenters. The molecule has 1 aromatic rings. The van der Waals surface area contributed by atoms with Crippen molar-refractivity contribution in [3.05, 3.63) is 29.8 Å². The van der Waals surface area contributed by atoms with E-state index in [2.05, 4.69) is 29.7 Å². The van der Waals surface area contributed by atoms with Gasteiger partial charge in [0.2, 0.25) is 0 Å². The van der Waals surface area contributed by atoms with Gasteiger partial charge in [-0.25, -0.2) is 0 Å². The molecule has 1 fully saturated rings. The van der Waals surface area contributed by atoms with E-state index in [-0.39, 0.29) is 12.1 Å². The minimum Gasteiger partial charge on any atom is -0.491 e. The Morgan fingerprint density at radius 2 is 1.57 bits per heavy atom. The monoisotopic (exact) mass is 290 g/mol. The maximum atomic E-state index is 5.86. The summed E-state index contributed by atoms with van der Waals surface area (Å²) in [5, 5.41) is 0. The van der Waals surface area contributed by atoms with Crippen LogP contribution in [0.3, 0.4) is 0 Å². The van der Waals surface area contributed by atoms with Crippen LogP contribution in [0.4, 0.5) is 0 Å². The Morgan fingerprint density at radius 3 is 2.10 bits per heavy atom. The highest BCUT2D eigenvalue weighted by Crippen LogP contribution is 2.33. The summed E-state index contributed by atoms with van der Waals surface area (Å²) in [6, 6.07) is 8.68. The Labute approximate surface area is 129 Å². The van der Waals surface area contributed by atoms with Gasteiger partial charge in [-0.1, -0.05) is 44.2 Å². The molecule has 3 N–H and O–H groups in total. The summed E-state index contributed by atoms with van der Waals surface area (Å²) >= 11 is 0. The predicted octanol–water partition coefficient (Wildman–Crippen LogP) is 4.34. The van der Waals surface area contributed by atoms with Gasteiger partial charge >= 0.3 is 0 Å². The van der Waals surface area contributed by atoms with E-state index in [0.29, 0.717) is 5.92 Å². The number of hydrazine groups is 1. The van der Waals surface area contributed by atoms with Crippen molar-refractivity contribution in [3.63, 3.8) is 0 Å². The number of nitrogens with two attached hydrogens (primary N) is 1. The van der Waals surface area contributed by atoms with Crippen LogP contribution in [0, 0.1) is 5.92 Å². The van der Waals surface area contributed by atoms with Crippen molar-refractivity contribution < 1.29 is 4.74 Å². The number of rotatable bonds is 5. The average molecular weight is 290 g/mol. The first kappa shape index (κ1) is 16.3. The van der Waals surface area contributed by atoms with E-state index in [1.807, 2.05) is 13.8 Å². The minimum atomic E-state index is 0.213. The summed E-state index contributed by atoms with van der Waals surface area (Å²) in [5.41, 5.74) is 4.33. The Bertz CT molecular complexity index is 394. The first-order chi connectivity index (χ1) is 10.2. The fourth-order valence-corrected chi connectivity index (χ4v) is 3.35. The summed E-state index contributed by atoms with van der Waals surface area (Å²) in [5.74, 6) is 7.44. The van der Waals surface area contributed by atoms with Crippen LogP contribution in [-0.4, -0.2) is 6.10 Å². The first-order valence-electron chi connectivity index (χ1n) is 8.43. The molecule has 0 heterocycles. The van der Waals surface area contributed by atoms with Crippen LogP contribution in [0.1, 0.15) is 70.4 Å². The third-order valence-corrected chi connectivity index (χ3v) is 4.41. The molecular formula is C18H30N2O. The highest BCUT2D eigenvalue weighted by molar-refractivity contribution is 5.29. The Hall–Kier alpha value is -1.06. The molecule has 0 amide bonds. The second kappa shape index (κ2) is 8.40. The number of ether oxygens (including phenoxy) is 1. The highest BCUT2D eigenvalue weighted by atomic mass is 16.5. The van der Waals surface area contributed by atoms with Gasteiger partial charge in [0.1, 0.15) is 5.75 Å². The van der Waals surface area contributed by atoms with Crippen LogP contribution < -0.4 is 16.0 Å². The van der Waals surface area contributed by atoms with Gasteiger partial charge < -0.3 is 4.74 Å². The Balaban J connectivity index is 2.04. The molecule has 21 heavy (non-hydrogen) atoms. The second-order valence-corrected chi connectivity index (χ2v) is 6.49.